The van der Waals surface area contributed by atoms with Crippen molar-refractivity contribution < 1.29 is 24.6 Å². The summed E-state index contributed by atoms with van der Waals surface area (Å²) in [5.74, 6) is -2.24. The van der Waals surface area contributed by atoms with Gasteiger partial charge in [0, 0.05) is 13.1 Å². The molecule has 7 heteroatoms. The summed E-state index contributed by atoms with van der Waals surface area (Å²) in [5.41, 5.74) is 0. The van der Waals surface area contributed by atoms with Gasteiger partial charge in [-0.25, -0.2) is 9.59 Å². The lowest BCUT2D eigenvalue weighted by Crippen LogP contribution is -2.52. The van der Waals surface area contributed by atoms with E-state index < -0.39 is 30.4 Å². The van der Waals surface area contributed by atoms with Crippen LogP contribution < -0.4 is 5.32 Å². The monoisotopic (exact) mass is 286 g/mol. The van der Waals surface area contributed by atoms with Crippen LogP contribution >= 0.6 is 0 Å². The van der Waals surface area contributed by atoms with Crippen LogP contribution in [0.2, 0.25) is 0 Å². The van der Waals surface area contributed by atoms with Crippen molar-refractivity contribution in [1.29, 1.82) is 0 Å². The van der Waals surface area contributed by atoms with E-state index >= 15 is 0 Å². The molecular weight excluding hydrogens is 264 g/mol. The molecule has 1 fully saturated rings. The maximum absolute atomic E-state index is 12.0. The molecule has 7 nitrogen and oxygen atoms in total. The first-order valence-corrected chi connectivity index (χ1v) is 6.80. The van der Waals surface area contributed by atoms with Gasteiger partial charge in [0.2, 0.25) is 0 Å². The second kappa shape index (κ2) is 7.12. The van der Waals surface area contributed by atoms with Crippen LogP contribution in [-0.4, -0.2) is 52.2 Å². The average molecular weight is 286 g/mol. The van der Waals surface area contributed by atoms with Gasteiger partial charge in [-0.05, 0) is 18.8 Å². The highest BCUT2D eigenvalue weighted by Gasteiger charge is 2.30. The number of urea groups is 1. The van der Waals surface area contributed by atoms with Gasteiger partial charge in [0.25, 0.3) is 0 Å². The van der Waals surface area contributed by atoms with Crippen molar-refractivity contribution in [2.75, 3.05) is 7.05 Å². The molecule has 0 spiro atoms. The standard InChI is InChI=1S/C13H22N2O5/c1-8-5-3-4-6-10(8)15(2)13(20)14-9(12(18)19)7-11(16)17/h8-10H,3-7H2,1-2H3,(H,14,20)(H,16,17)(H,18,19). The maximum Gasteiger partial charge on any atom is 0.326 e. The van der Waals surface area contributed by atoms with Gasteiger partial charge in [-0.1, -0.05) is 19.8 Å². The lowest BCUT2D eigenvalue weighted by atomic mass is 9.85. The fourth-order valence-electron chi connectivity index (χ4n) is 2.65. The lowest BCUT2D eigenvalue weighted by Gasteiger charge is -2.36. The Kier molecular flexibility index (Phi) is 5.79. The van der Waals surface area contributed by atoms with Crippen LogP contribution in [0.4, 0.5) is 4.79 Å². The van der Waals surface area contributed by atoms with Crippen molar-refractivity contribution in [2.45, 2.75) is 51.1 Å². The van der Waals surface area contributed by atoms with Crippen LogP contribution in [-0.2, 0) is 9.59 Å². The summed E-state index contributed by atoms with van der Waals surface area (Å²) in [4.78, 5) is 35.1. The number of aliphatic carboxylic acids is 2. The highest BCUT2D eigenvalue weighted by Crippen LogP contribution is 2.27. The molecule has 3 unspecified atom stereocenters. The third kappa shape index (κ3) is 4.40. The lowest BCUT2D eigenvalue weighted by molar-refractivity contribution is -0.145. The van der Waals surface area contributed by atoms with E-state index in [1.165, 1.54) is 4.90 Å². The number of rotatable bonds is 5. The Morgan fingerprint density at radius 2 is 1.85 bits per heavy atom. The molecule has 0 saturated heterocycles. The van der Waals surface area contributed by atoms with Gasteiger partial charge >= 0.3 is 18.0 Å². The van der Waals surface area contributed by atoms with E-state index in [2.05, 4.69) is 12.2 Å². The van der Waals surface area contributed by atoms with Crippen molar-refractivity contribution in [3.63, 3.8) is 0 Å². The summed E-state index contributed by atoms with van der Waals surface area (Å²) < 4.78 is 0. The minimum absolute atomic E-state index is 0.0722. The van der Waals surface area contributed by atoms with E-state index in [1.54, 1.807) is 7.05 Å². The molecule has 20 heavy (non-hydrogen) atoms. The smallest absolute Gasteiger partial charge is 0.326 e. The molecule has 0 aromatic heterocycles. The van der Waals surface area contributed by atoms with Gasteiger partial charge in [0.1, 0.15) is 6.04 Å². The maximum atomic E-state index is 12.0. The molecule has 0 heterocycles. The first-order chi connectivity index (χ1) is 9.32. The quantitative estimate of drug-likeness (QED) is 0.702. The summed E-state index contributed by atoms with van der Waals surface area (Å²) in [7, 11) is 1.63. The zero-order chi connectivity index (χ0) is 15.3. The summed E-state index contributed by atoms with van der Waals surface area (Å²) in [6.07, 6.45) is 3.49. The number of hydrogen-bond acceptors (Lipinski definition) is 3. The minimum atomic E-state index is -1.40. The van der Waals surface area contributed by atoms with E-state index in [0.717, 1.165) is 25.7 Å². The van der Waals surface area contributed by atoms with Gasteiger partial charge in [0.15, 0.2) is 0 Å². The Hall–Kier alpha value is -1.79. The van der Waals surface area contributed by atoms with Gasteiger partial charge in [-0.3, -0.25) is 4.79 Å². The average Bonchev–Trinajstić information content (AvgIpc) is 2.37. The molecule has 3 atom stereocenters. The Balaban J connectivity index is 2.63. The summed E-state index contributed by atoms with van der Waals surface area (Å²) >= 11 is 0. The van der Waals surface area contributed by atoms with Crippen molar-refractivity contribution >= 4 is 18.0 Å². The van der Waals surface area contributed by atoms with Gasteiger partial charge < -0.3 is 20.4 Å². The zero-order valence-corrected chi connectivity index (χ0v) is 11.8. The largest absolute Gasteiger partial charge is 0.481 e. The minimum Gasteiger partial charge on any atom is -0.481 e. The third-order valence-electron chi connectivity index (χ3n) is 3.86. The second-order valence-corrected chi connectivity index (χ2v) is 5.38. The molecule has 0 aromatic carbocycles. The summed E-state index contributed by atoms with van der Waals surface area (Å²) in [6.45, 7) is 2.07. The first-order valence-electron chi connectivity index (χ1n) is 6.80. The van der Waals surface area contributed by atoms with E-state index in [9.17, 15) is 14.4 Å². The van der Waals surface area contributed by atoms with Crippen LogP contribution in [0.1, 0.15) is 39.0 Å². The van der Waals surface area contributed by atoms with Crippen LogP contribution in [0.25, 0.3) is 0 Å². The van der Waals surface area contributed by atoms with Crippen molar-refractivity contribution in [2.24, 2.45) is 5.92 Å². The molecule has 0 radical (unpaired) electrons. The highest BCUT2D eigenvalue weighted by atomic mass is 16.4. The summed E-state index contributed by atoms with van der Waals surface area (Å²) in [6, 6.07) is -1.86. The normalized spacial score (nSPS) is 23.7. The van der Waals surface area contributed by atoms with E-state index in [0.29, 0.717) is 5.92 Å². The molecule has 1 rings (SSSR count). The van der Waals surface area contributed by atoms with Gasteiger partial charge in [-0.15, -0.1) is 0 Å². The molecule has 114 valence electrons. The Morgan fingerprint density at radius 3 is 2.35 bits per heavy atom. The van der Waals surface area contributed by atoms with Crippen molar-refractivity contribution in [3.8, 4) is 0 Å². The number of carbonyl (C=O) groups excluding carboxylic acids is 1. The number of carboxylic acids is 2. The molecule has 3 N–H and O–H groups in total. The number of nitrogens with zero attached hydrogens (tertiary/aromatic N) is 1. The number of carbonyl (C=O) groups is 3. The van der Waals surface area contributed by atoms with Crippen molar-refractivity contribution in [1.82, 2.24) is 10.2 Å². The predicted molar refractivity (Wildman–Crippen MR) is 71.4 cm³/mol. The van der Waals surface area contributed by atoms with Crippen LogP contribution in [0, 0.1) is 5.92 Å². The van der Waals surface area contributed by atoms with Crippen LogP contribution in [0.3, 0.4) is 0 Å². The predicted octanol–water partition coefficient (Wildman–Crippen LogP) is 1.13. The Morgan fingerprint density at radius 1 is 1.25 bits per heavy atom. The molecular formula is C13H22N2O5. The van der Waals surface area contributed by atoms with Crippen LogP contribution in [0.5, 0.6) is 0 Å². The number of carboxylic acid groups (broad SMARTS) is 2. The fraction of sp³-hybridized carbons (Fsp3) is 0.769. The fourth-order valence-corrected chi connectivity index (χ4v) is 2.65. The third-order valence-corrected chi connectivity index (χ3v) is 3.86. The molecule has 1 aliphatic rings. The van der Waals surface area contributed by atoms with E-state index in [4.69, 9.17) is 10.2 Å². The van der Waals surface area contributed by atoms with E-state index in [1.807, 2.05) is 0 Å². The molecule has 0 bridgehead atoms. The summed E-state index contributed by atoms with van der Waals surface area (Å²) in [5, 5.41) is 19.8. The molecule has 0 aromatic rings. The highest BCUT2D eigenvalue weighted by molar-refractivity contribution is 5.86. The first kappa shape index (κ1) is 16.3. The topological polar surface area (TPSA) is 107 Å². The number of nitrogens with one attached hydrogen (secondary N) is 1. The second-order valence-electron chi connectivity index (χ2n) is 5.38. The molecule has 1 aliphatic carbocycles. The Labute approximate surface area is 117 Å². The molecule has 0 aliphatic heterocycles. The number of amides is 2. The van der Waals surface area contributed by atoms with E-state index in [-0.39, 0.29) is 6.04 Å². The van der Waals surface area contributed by atoms with Gasteiger partial charge in [0.05, 0.1) is 6.42 Å². The molecule has 1 saturated carbocycles. The van der Waals surface area contributed by atoms with Gasteiger partial charge in [-0.2, -0.15) is 0 Å². The SMILES string of the molecule is CC1CCCCC1N(C)C(=O)NC(CC(=O)O)C(=O)O. The van der Waals surface area contributed by atoms with Crippen LogP contribution in [0.15, 0.2) is 0 Å². The zero-order valence-electron chi connectivity index (χ0n) is 11.8. The molecule has 2 amide bonds. The number of hydrogen-bond donors (Lipinski definition) is 3. The Bertz CT molecular complexity index is 385. The van der Waals surface area contributed by atoms with Crippen molar-refractivity contribution in [3.05, 3.63) is 0 Å².